The normalized spacial score (nSPS) is 20.4. The van der Waals surface area contributed by atoms with Crippen molar-refractivity contribution in [1.82, 2.24) is 10.3 Å². The number of rotatable bonds is 5. The molecule has 3 unspecified atom stereocenters. The second-order valence-electron chi connectivity index (χ2n) is 7.28. The van der Waals surface area contributed by atoms with Crippen molar-refractivity contribution in [3.63, 3.8) is 0 Å². The fourth-order valence-electron chi connectivity index (χ4n) is 3.86. The maximum absolute atomic E-state index is 12.8. The quantitative estimate of drug-likeness (QED) is 0.708. The molecule has 0 radical (unpaired) electrons. The second-order valence-corrected chi connectivity index (χ2v) is 7.28. The molecule has 25 heavy (non-hydrogen) atoms. The third kappa shape index (κ3) is 3.19. The molecule has 1 fully saturated rings. The summed E-state index contributed by atoms with van der Waals surface area (Å²) in [5.74, 6) is 1.33. The van der Waals surface area contributed by atoms with E-state index in [0.29, 0.717) is 18.3 Å². The smallest absolute Gasteiger partial charge is 0.225 e. The van der Waals surface area contributed by atoms with Crippen LogP contribution in [0.25, 0.3) is 10.9 Å². The first kappa shape index (κ1) is 15.9. The summed E-state index contributed by atoms with van der Waals surface area (Å²) in [6, 6.07) is 18.7. The molecule has 128 valence electrons. The topological polar surface area (TPSA) is 44.9 Å². The minimum absolute atomic E-state index is 0.0980. The predicted molar refractivity (Wildman–Crippen MR) is 101 cm³/mol. The summed E-state index contributed by atoms with van der Waals surface area (Å²) in [7, 11) is 0. The largest absolute Gasteiger partial charge is 0.358 e. The van der Waals surface area contributed by atoms with Crippen molar-refractivity contribution in [1.29, 1.82) is 0 Å². The van der Waals surface area contributed by atoms with Crippen LogP contribution in [-0.2, 0) is 11.2 Å². The lowest BCUT2D eigenvalue weighted by Gasteiger charge is -2.19. The Kier molecular flexibility index (Phi) is 4.08. The Bertz CT molecular complexity index is 897. The highest BCUT2D eigenvalue weighted by Crippen LogP contribution is 2.46. The number of benzene rings is 2. The average Bonchev–Trinajstić information content (AvgIpc) is 3.26. The first-order chi connectivity index (χ1) is 12.1. The van der Waals surface area contributed by atoms with Crippen LogP contribution in [-0.4, -0.2) is 10.9 Å². The number of fused-ring (bicyclic) bond motifs is 1. The van der Waals surface area contributed by atoms with Crippen LogP contribution >= 0.6 is 0 Å². The Morgan fingerprint density at radius 1 is 1.16 bits per heavy atom. The van der Waals surface area contributed by atoms with Gasteiger partial charge in [-0.1, -0.05) is 55.5 Å². The molecule has 1 saturated carbocycles. The lowest BCUT2D eigenvalue weighted by molar-refractivity contribution is -0.121. The van der Waals surface area contributed by atoms with Crippen LogP contribution in [0.5, 0.6) is 0 Å². The molecule has 1 aliphatic rings. The fourth-order valence-corrected chi connectivity index (χ4v) is 3.86. The lowest BCUT2D eigenvalue weighted by Crippen LogP contribution is -2.31. The van der Waals surface area contributed by atoms with Crippen LogP contribution in [0.1, 0.15) is 36.2 Å². The van der Waals surface area contributed by atoms with Gasteiger partial charge in [-0.3, -0.25) is 4.79 Å². The highest BCUT2D eigenvalue weighted by molar-refractivity contribution is 5.90. The van der Waals surface area contributed by atoms with Gasteiger partial charge in [0.1, 0.15) is 0 Å². The number of aryl methyl sites for hydroxylation is 1. The number of carbonyl (C=O) groups is 1. The zero-order valence-electron chi connectivity index (χ0n) is 14.8. The van der Waals surface area contributed by atoms with E-state index >= 15 is 0 Å². The zero-order chi connectivity index (χ0) is 17.4. The van der Waals surface area contributed by atoms with Gasteiger partial charge in [0.25, 0.3) is 0 Å². The predicted octanol–water partition coefficient (Wildman–Crippen LogP) is 4.53. The molecule has 0 saturated heterocycles. The molecule has 3 heteroatoms. The van der Waals surface area contributed by atoms with E-state index in [-0.39, 0.29) is 11.9 Å². The van der Waals surface area contributed by atoms with Crippen molar-refractivity contribution >= 4 is 16.8 Å². The van der Waals surface area contributed by atoms with Gasteiger partial charge in [0.05, 0.1) is 12.5 Å². The Hall–Kier alpha value is -2.55. The molecule has 4 rings (SSSR count). The van der Waals surface area contributed by atoms with Gasteiger partial charge in [-0.25, -0.2) is 0 Å². The molecular weight excluding hydrogens is 308 g/mol. The molecule has 3 aromatic rings. The monoisotopic (exact) mass is 332 g/mol. The van der Waals surface area contributed by atoms with Crippen molar-refractivity contribution in [2.24, 2.45) is 11.8 Å². The molecule has 1 aliphatic carbocycles. The fraction of sp³-hybridized carbons (Fsp3) is 0.318. The molecule has 2 aromatic carbocycles. The van der Waals surface area contributed by atoms with E-state index < -0.39 is 0 Å². The van der Waals surface area contributed by atoms with E-state index in [0.717, 1.165) is 22.2 Å². The first-order valence-corrected chi connectivity index (χ1v) is 9.04. The first-order valence-electron chi connectivity index (χ1n) is 9.04. The third-order valence-electron chi connectivity index (χ3n) is 5.44. The van der Waals surface area contributed by atoms with Gasteiger partial charge in [-0.15, -0.1) is 0 Å². The van der Waals surface area contributed by atoms with E-state index in [1.54, 1.807) is 0 Å². The molecule has 2 N–H and O–H groups in total. The number of H-pyrrole nitrogens is 1. The Morgan fingerprint density at radius 2 is 1.84 bits per heavy atom. The van der Waals surface area contributed by atoms with Gasteiger partial charge in [-0.05, 0) is 42.4 Å². The van der Waals surface area contributed by atoms with Crippen LogP contribution in [0, 0.1) is 18.8 Å². The van der Waals surface area contributed by atoms with Gasteiger partial charge in [0, 0.05) is 16.6 Å². The van der Waals surface area contributed by atoms with E-state index in [2.05, 4.69) is 41.5 Å². The van der Waals surface area contributed by atoms with Crippen molar-refractivity contribution in [2.75, 3.05) is 0 Å². The van der Waals surface area contributed by atoms with Crippen LogP contribution in [0.3, 0.4) is 0 Å². The van der Waals surface area contributed by atoms with Crippen LogP contribution in [0.2, 0.25) is 0 Å². The molecule has 1 heterocycles. The standard InChI is InChI=1S/C22H24N2O/c1-14-12-18(14)22(16-8-4-3-5-9-16)24-21(25)13-19-15(2)23-20-11-7-6-10-17(19)20/h3-11,14,18,22-23H,12-13H2,1-2H3,(H,24,25). The summed E-state index contributed by atoms with van der Waals surface area (Å²) >= 11 is 0. The molecule has 0 bridgehead atoms. The summed E-state index contributed by atoms with van der Waals surface area (Å²) in [4.78, 5) is 16.2. The molecule has 3 atom stereocenters. The highest BCUT2D eigenvalue weighted by Gasteiger charge is 2.40. The number of hydrogen-bond donors (Lipinski definition) is 2. The third-order valence-corrected chi connectivity index (χ3v) is 5.44. The molecule has 1 amide bonds. The molecule has 3 nitrogen and oxygen atoms in total. The summed E-state index contributed by atoms with van der Waals surface area (Å²) in [5.41, 5.74) is 4.48. The van der Waals surface area contributed by atoms with E-state index in [9.17, 15) is 4.79 Å². The van der Waals surface area contributed by atoms with E-state index in [4.69, 9.17) is 0 Å². The Labute approximate surface area is 148 Å². The summed E-state index contributed by atoms with van der Waals surface area (Å²) in [6.45, 7) is 4.30. The summed E-state index contributed by atoms with van der Waals surface area (Å²) < 4.78 is 0. The number of amides is 1. The number of para-hydroxylation sites is 1. The van der Waals surface area contributed by atoms with E-state index in [1.807, 2.05) is 37.3 Å². The number of hydrogen-bond acceptors (Lipinski definition) is 1. The lowest BCUT2D eigenvalue weighted by atomic mass is 10.00. The van der Waals surface area contributed by atoms with E-state index in [1.165, 1.54) is 12.0 Å². The Morgan fingerprint density at radius 3 is 2.56 bits per heavy atom. The van der Waals surface area contributed by atoms with Crippen molar-refractivity contribution < 1.29 is 4.79 Å². The second kappa shape index (κ2) is 6.40. The molecule has 0 spiro atoms. The highest BCUT2D eigenvalue weighted by atomic mass is 16.1. The Balaban J connectivity index is 1.55. The van der Waals surface area contributed by atoms with Gasteiger partial charge >= 0.3 is 0 Å². The average molecular weight is 332 g/mol. The zero-order valence-corrected chi connectivity index (χ0v) is 14.8. The summed E-state index contributed by atoms with van der Waals surface area (Å²) in [5, 5.41) is 4.45. The van der Waals surface area contributed by atoms with Crippen molar-refractivity contribution in [3.05, 3.63) is 71.4 Å². The maximum atomic E-state index is 12.8. The molecule has 1 aromatic heterocycles. The molecule has 0 aliphatic heterocycles. The van der Waals surface area contributed by atoms with Gasteiger partial charge in [-0.2, -0.15) is 0 Å². The minimum atomic E-state index is 0.0980. The van der Waals surface area contributed by atoms with Gasteiger partial charge in [0.2, 0.25) is 5.91 Å². The van der Waals surface area contributed by atoms with Crippen molar-refractivity contribution in [3.8, 4) is 0 Å². The number of carbonyl (C=O) groups excluding carboxylic acids is 1. The van der Waals surface area contributed by atoms with Crippen LogP contribution < -0.4 is 5.32 Å². The van der Waals surface area contributed by atoms with Crippen LogP contribution in [0.15, 0.2) is 54.6 Å². The number of aromatic amines is 1. The SMILES string of the molecule is Cc1[nH]c2ccccc2c1CC(=O)NC(c1ccccc1)C1CC1C. The number of nitrogens with one attached hydrogen (secondary N) is 2. The minimum Gasteiger partial charge on any atom is -0.358 e. The number of aromatic nitrogens is 1. The van der Waals surface area contributed by atoms with Gasteiger partial charge < -0.3 is 10.3 Å². The summed E-state index contributed by atoms with van der Waals surface area (Å²) in [6.07, 6.45) is 1.60. The maximum Gasteiger partial charge on any atom is 0.225 e. The molecular formula is C22H24N2O. The van der Waals surface area contributed by atoms with Crippen molar-refractivity contribution in [2.45, 2.75) is 32.7 Å². The van der Waals surface area contributed by atoms with Crippen LogP contribution in [0.4, 0.5) is 0 Å². The van der Waals surface area contributed by atoms with Gasteiger partial charge in [0.15, 0.2) is 0 Å².